The van der Waals surface area contributed by atoms with Crippen molar-refractivity contribution in [2.45, 2.75) is 112 Å². The number of aliphatic hydroxyl groups excluding tert-OH is 1. The summed E-state index contributed by atoms with van der Waals surface area (Å²) in [6.45, 7) is 15.8. The largest absolute Gasteiger partial charge is 0.497 e. The second-order valence-corrected chi connectivity index (χ2v) is 26.4. The van der Waals surface area contributed by atoms with Crippen molar-refractivity contribution in [3.05, 3.63) is 247 Å². The Morgan fingerprint density at radius 1 is 0.377 bits per heavy atom. The number of alkyl halides is 6. The van der Waals surface area contributed by atoms with E-state index in [1.807, 2.05) is 52.0 Å². The Labute approximate surface area is 695 Å². The summed E-state index contributed by atoms with van der Waals surface area (Å²) in [6.07, 6.45) is -8.88. The van der Waals surface area contributed by atoms with E-state index in [-0.39, 0.29) is 107 Å². The molecule has 0 fully saturated rings. The van der Waals surface area contributed by atoms with Crippen LogP contribution in [-0.4, -0.2) is 145 Å². The molecule has 31 nitrogen and oxygen atoms in total. The summed E-state index contributed by atoms with van der Waals surface area (Å²) in [5.41, 5.74) is 35.8. The Bertz CT molecular complexity index is 4750. The molecule has 658 valence electrons. The van der Waals surface area contributed by atoms with Crippen LogP contribution >= 0.6 is 0 Å². The maximum Gasteiger partial charge on any atom is 0.416 e. The number of aliphatic hydroxyl groups is 1. The van der Waals surface area contributed by atoms with Crippen LogP contribution in [0.25, 0.3) is 4.85 Å². The van der Waals surface area contributed by atoms with Crippen LogP contribution in [0.1, 0.15) is 93.1 Å². The second kappa shape index (κ2) is 54.8. The number of ether oxygens (including phenoxy) is 1. The fourth-order valence-corrected chi connectivity index (χ4v) is 8.90. The molecule has 0 radical (unpaired) electrons. The highest BCUT2D eigenvalue weighted by atomic mass is 19.4. The first-order valence-corrected chi connectivity index (χ1v) is 36.2. The first kappa shape index (κ1) is 107. The van der Waals surface area contributed by atoms with Crippen molar-refractivity contribution in [3.8, 4) is 5.75 Å². The molecular formula is C82H96F9N15O16. The molecule has 7 rings (SSSR count). The summed E-state index contributed by atoms with van der Waals surface area (Å²) in [5, 5.41) is 28.5. The summed E-state index contributed by atoms with van der Waals surface area (Å²) in [6, 6.07) is 34.8. The molecule has 40 heteroatoms. The Morgan fingerprint density at radius 3 is 1.12 bits per heavy atom. The number of nitrogens with zero attached hydrogens (tertiary/aromatic N) is 1. The lowest BCUT2D eigenvalue weighted by molar-refractivity contribution is -0.138. The molecule has 0 aliphatic heterocycles. The third-order valence-electron chi connectivity index (χ3n) is 15.4. The number of hydrogen-bond donors (Lipinski definition) is 15. The zero-order valence-electron chi connectivity index (χ0n) is 67.3. The Balaban J connectivity index is 0.000000714. The molecule has 0 atom stereocenters. The van der Waals surface area contributed by atoms with E-state index in [0.29, 0.717) is 34.7 Å². The van der Waals surface area contributed by atoms with Gasteiger partial charge in [0.25, 0.3) is 41.4 Å². The number of hydrogen-bond acceptors (Lipinski definition) is 23. The van der Waals surface area contributed by atoms with Crippen LogP contribution in [-0.2, 0) is 132 Å². The Hall–Kier alpha value is -13.1. The summed E-state index contributed by atoms with van der Waals surface area (Å²) in [5.74, 6) is -11.5. The lowest BCUT2D eigenvalue weighted by Crippen LogP contribution is -2.44. The summed E-state index contributed by atoms with van der Waals surface area (Å²) >= 11 is 0. The Kier molecular flexibility index (Phi) is 48.0. The molecular weight excluding hydrogens is 1620 g/mol. The number of carbonyl (C=O) groups excluding carboxylic acids is 14. The minimum absolute atomic E-state index is 0.119. The molecule has 122 heavy (non-hydrogen) atoms. The van der Waals surface area contributed by atoms with Gasteiger partial charge >= 0.3 is 12.4 Å². The van der Waals surface area contributed by atoms with Gasteiger partial charge < -0.3 is 86.8 Å². The molecule has 0 heterocycles. The highest BCUT2D eigenvalue weighted by Gasteiger charge is 2.32. The van der Waals surface area contributed by atoms with Gasteiger partial charge in [-0.2, -0.15) is 26.3 Å². The second-order valence-electron chi connectivity index (χ2n) is 26.4. The molecule has 0 aliphatic carbocycles. The van der Waals surface area contributed by atoms with Crippen molar-refractivity contribution in [3.63, 3.8) is 0 Å². The van der Waals surface area contributed by atoms with Crippen LogP contribution < -0.4 is 81.7 Å². The average Bonchev–Trinajstić information content (AvgIpc) is 0.834. The standard InChI is InChI=1S/C15H19F3N2O2.C12H13F3N2O2.C12H16N2O4.C11H13FN2O2.C11H11N3O2.C11H14N2O2.C10H10F2N2O2/c1-14(2,3)20-9-12(21)13(22)19-8-10-5-4-6-11(7-10)15(16,17)18;1-7-2-8(4-9(3-7)12(13,14)15)6-17-11(19)10(18)5-16;1-18-10-3-8(2-9(4-10)7-15)6-14-12(17)11(16)5-13;1-7-2-3-9(12)4-8(7)6-14-11(16)10(15)5-13;1-13-9-4-2-8(3-5-9)7-14-11(16)10(15)6-12;1-8-2-4-9(5-3-8)7-13-11(15)10(14)6-12;11-7-1-6(2-8(12)3-7)5-14-10(16)9(15)4-13/h4-7,20H,8-9H2,1-3H3,(H,19,22);2-4H,5-6,16H2,1H3,(H,17,19);2-4,15H,5-7,13H2,1H3,(H,14,17);2-4H,5-6,13H2,1H3,(H,14,16);2-5H,6-7,12H2,(H,14,16);2-5H,6-7,12H2,1H3,(H,13,15);1-3H,4-5,13H2,(H,14,16). The monoisotopic (exact) mass is 1720 g/mol. The SMILES string of the molecule is CC(C)(C)NCC(=O)C(=O)NCc1cccc(C(F)(F)F)c1.COc1cc(CO)cc(CNC(=O)C(=O)CN)c1.Cc1cc(CNC(=O)C(=O)CN)cc(C(F)(F)F)c1.Cc1ccc(CNC(=O)C(=O)CN)cc1.Cc1ccc(F)cc1CNC(=O)C(=O)CN.NCC(=O)C(=O)NCc1cc(F)cc(F)c1.[C-]#[N+]c1ccc(CNC(=O)C(=O)CN)cc1. The van der Waals surface area contributed by atoms with Gasteiger partial charge in [-0.25, -0.2) is 18.0 Å². The minimum atomic E-state index is -4.45. The minimum Gasteiger partial charge on any atom is -0.497 e. The first-order valence-electron chi connectivity index (χ1n) is 36.2. The number of carbonyl (C=O) groups is 14. The lowest BCUT2D eigenvalue weighted by atomic mass is 10.1. The van der Waals surface area contributed by atoms with Crippen LogP contribution in [0.2, 0.25) is 0 Å². The fraction of sp³-hybridized carbons (Fsp3) is 0.305. The maximum absolute atomic E-state index is 12.9. The van der Waals surface area contributed by atoms with E-state index < -0.39 is 130 Å². The zero-order chi connectivity index (χ0) is 92.6. The third-order valence-corrected chi connectivity index (χ3v) is 15.4. The number of amides is 7. The topological polar surface area (TPSA) is 525 Å². The van der Waals surface area contributed by atoms with Gasteiger partial charge in [-0.1, -0.05) is 90.0 Å². The van der Waals surface area contributed by atoms with E-state index in [1.165, 1.54) is 44.4 Å². The predicted octanol–water partition coefficient (Wildman–Crippen LogP) is 3.68. The molecule has 0 aliphatic rings. The van der Waals surface area contributed by atoms with Crippen molar-refractivity contribution in [2.24, 2.45) is 34.4 Å². The van der Waals surface area contributed by atoms with Crippen LogP contribution in [0, 0.1) is 44.8 Å². The van der Waals surface area contributed by atoms with Crippen molar-refractivity contribution in [1.29, 1.82) is 0 Å². The number of nitrogens with one attached hydrogen (secondary N) is 8. The maximum atomic E-state index is 12.9. The van der Waals surface area contributed by atoms with E-state index in [4.69, 9.17) is 50.8 Å². The molecule has 0 bridgehead atoms. The van der Waals surface area contributed by atoms with Crippen LogP contribution in [0.4, 0.5) is 45.2 Å². The number of methoxy groups -OCH3 is 1. The Morgan fingerprint density at radius 2 is 0.738 bits per heavy atom. The van der Waals surface area contributed by atoms with E-state index in [0.717, 1.165) is 70.3 Å². The number of aryl methyl sites for hydroxylation is 3. The van der Waals surface area contributed by atoms with E-state index in [2.05, 4.69) is 47.4 Å². The van der Waals surface area contributed by atoms with Crippen molar-refractivity contribution in [2.75, 3.05) is 52.9 Å². The number of ketones is 7. The van der Waals surface area contributed by atoms with Crippen LogP contribution in [0.3, 0.4) is 0 Å². The normalized spacial score (nSPS) is 10.4. The number of nitrogens with two attached hydrogens (primary N) is 6. The fourth-order valence-electron chi connectivity index (χ4n) is 8.90. The van der Waals surface area contributed by atoms with Gasteiger partial charge in [-0.3, -0.25) is 67.1 Å². The van der Waals surface area contributed by atoms with Gasteiger partial charge in [0.2, 0.25) is 40.5 Å². The lowest BCUT2D eigenvalue weighted by Gasteiger charge is -2.19. The molecule has 7 aromatic carbocycles. The highest BCUT2D eigenvalue weighted by molar-refractivity contribution is 6.39. The molecule has 0 saturated carbocycles. The third kappa shape index (κ3) is 44.1. The molecule has 0 aromatic heterocycles. The first-order chi connectivity index (χ1) is 57.2. The van der Waals surface area contributed by atoms with Gasteiger partial charge in [-0.15, -0.1) is 0 Å². The summed E-state index contributed by atoms with van der Waals surface area (Å²) < 4.78 is 119. The molecule has 7 aromatic rings. The van der Waals surface area contributed by atoms with Crippen LogP contribution in [0.5, 0.6) is 5.75 Å². The number of benzene rings is 7. The molecule has 0 unspecified atom stereocenters. The zero-order valence-corrected chi connectivity index (χ0v) is 67.3. The summed E-state index contributed by atoms with van der Waals surface area (Å²) in [4.78, 5) is 158. The average molecular weight is 1720 g/mol. The quantitative estimate of drug-likeness (QED) is 0.0167. The predicted molar refractivity (Wildman–Crippen MR) is 428 cm³/mol. The molecule has 0 spiro atoms. The van der Waals surface area contributed by atoms with Crippen molar-refractivity contribution < 1.29 is 116 Å². The van der Waals surface area contributed by atoms with Crippen molar-refractivity contribution >= 4 is 87.5 Å². The van der Waals surface area contributed by atoms with E-state index >= 15 is 0 Å². The van der Waals surface area contributed by atoms with Gasteiger partial charge in [0.15, 0.2) is 5.69 Å². The number of Topliss-reactive ketones (excluding diaryl/α,β-unsaturated/α-hetero) is 7. The highest BCUT2D eigenvalue weighted by Crippen LogP contribution is 2.31. The van der Waals surface area contributed by atoms with Gasteiger partial charge in [0.05, 0.1) is 77.2 Å². The summed E-state index contributed by atoms with van der Waals surface area (Å²) in [7, 11) is 1.51. The van der Waals surface area contributed by atoms with Crippen LogP contribution in [0.15, 0.2) is 146 Å². The van der Waals surface area contributed by atoms with Gasteiger partial charge in [0, 0.05) is 57.4 Å². The molecule has 21 N–H and O–H groups in total. The van der Waals surface area contributed by atoms with Gasteiger partial charge in [-0.05, 0) is 152 Å². The van der Waals surface area contributed by atoms with E-state index in [9.17, 15) is 107 Å². The number of rotatable bonds is 31. The number of halogens is 9. The van der Waals surface area contributed by atoms with E-state index in [1.54, 1.807) is 55.5 Å². The molecule has 0 saturated heterocycles. The van der Waals surface area contributed by atoms with Gasteiger partial charge in [0.1, 0.15) is 23.2 Å². The molecule has 7 amide bonds. The van der Waals surface area contributed by atoms with Crippen molar-refractivity contribution in [1.82, 2.24) is 42.5 Å². The smallest absolute Gasteiger partial charge is 0.416 e.